The average Bonchev–Trinajstić information content (AvgIpc) is 2.27. The molecule has 0 unspecified atom stereocenters. The molecule has 6 heteroatoms. The molecule has 0 spiro atoms. The van der Waals surface area contributed by atoms with Crippen LogP contribution in [0.3, 0.4) is 0 Å². The molecule has 1 aromatic rings. The molecule has 0 bridgehead atoms. The first-order valence-electron chi connectivity index (χ1n) is 4.51. The molecular formula is C11H9F3O3. The minimum absolute atomic E-state index is 0.0209. The van der Waals surface area contributed by atoms with Crippen molar-refractivity contribution < 1.29 is 27.8 Å². The van der Waals surface area contributed by atoms with E-state index in [-0.39, 0.29) is 17.4 Å². The molecule has 0 aromatic heterocycles. The Morgan fingerprint density at radius 2 is 1.94 bits per heavy atom. The van der Waals surface area contributed by atoms with Crippen LogP contribution in [-0.4, -0.2) is 24.2 Å². The summed E-state index contributed by atoms with van der Waals surface area (Å²) in [5.74, 6) is -2.73. The Bertz CT molecular complexity index is 450. The standard InChI is InChI=1S/C11H9F3O3/c1-17-9-5-3-2-4-7(9)8(15)6-10(16)11(12,13)14/h2-6,15H,1H3/b8-6-. The van der Waals surface area contributed by atoms with E-state index in [4.69, 9.17) is 4.74 Å². The van der Waals surface area contributed by atoms with Gasteiger partial charge in [0.2, 0.25) is 0 Å². The maximum atomic E-state index is 12.0. The number of halogens is 3. The van der Waals surface area contributed by atoms with Crippen LogP contribution in [0.15, 0.2) is 30.3 Å². The second-order valence-electron chi connectivity index (χ2n) is 3.09. The van der Waals surface area contributed by atoms with Gasteiger partial charge in [-0.2, -0.15) is 13.2 Å². The van der Waals surface area contributed by atoms with Crippen LogP contribution in [0.25, 0.3) is 5.76 Å². The van der Waals surface area contributed by atoms with Gasteiger partial charge in [0.1, 0.15) is 11.5 Å². The fraction of sp³-hybridized carbons (Fsp3) is 0.182. The molecular weight excluding hydrogens is 237 g/mol. The second-order valence-corrected chi connectivity index (χ2v) is 3.09. The topological polar surface area (TPSA) is 46.5 Å². The molecule has 0 atom stereocenters. The van der Waals surface area contributed by atoms with Crippen molar-refractivity contribution in [1.29, 1.82) is 0 Å². The van der Waals surface area contributed by atoms with Gasteiger partial charge in [-0.3, -0.25) is 4.79 Å². The molecule has 1 aromatic carbocycles. The summed E-state index contributed by atoms with van der Waals surface area (Å²) in [6.07, 6.45) is -4.88. The molecule has 0 amide bonds. The lowest BCUT2D eigenvalue weighted by Gasteiger charge is -2.07. The molecule has 0 heterocycles. The van der Waals surface area contributed by atoms with Crippen LogP contribution >= 0.6 is 0 Å². The number of hydrogen-bond acceptors (Lipinski definition) is 3. The number of para-hydroxylation sites is 1. The van der Waals surface area contributed by atoms with Crippen LogP contribution < -0.4 is 4.74 Å². The Labute approximate surface area is 95.1 Å². The third-order valence-electron chi connectivity index (χ3n) is 1.93. The summed E-state index contributed by atoms with van der Waals surface area (Å²) in [6.45, 7) is 0. The quantitative estimate of drug-likeness (QED) is 0.658. The van der Waals surface area contributed by atoms with Crippen molar-refractivity contribution in [2.75, 3.05) is 7.11 Å². The van der Waals surface area contributed by atoms with Crippen molar-refractivity contribution >= 4 is 11.5 Å². The van der Waals surface area contributed by atoms with Crippen LogP contribution in [-0.2, 0) is 4.79 Å². The number of carbonyl (C=O) groups is 1. The predicted molar refractivity (Wildman–Crippen MR) is 54.7 cm³/mol. The molecule has 92 valence electrons. The second kappa shape index (κ2) is 4.90. The molecule has 17 heavy (non-hydrogen) atoms. The Kier molecular flexibility index (Phi) is 3.77. The molecule has 0 fully saturated rings. The molecule has 0 aliphatic carbocycles. The number of rotatable bonds is 3. The number of aliphatic hydroxyl groups is 1. The van der Waals surface area contributed by atoms with Gasteiger partial charge in [-0.25, -0.2) is 0 Å². The van der Waals surface area contributed by atoms with E-state index in [1.54, 1.807) is 6.07 Å². The van der Waals surface area contributed by atoms with Gasteiger partial charge >= 0.3 is 6.18 Å². The molecule has 0 aliphatic rings. The van der Waals surface area contributed by atoms with Crippen molar-refractivity contribution in [2.24, 2.45) is 0 Å². The largest absolute Gasteiger partial charge is 0.507 e. The van der Waals surface area contributed by atoms with Gasteiger partial charge in [0.15, 0.2) is 0 Å². The zero-order valence-corrected chi connectivity index (χ0v) is 8.78. The van der Waals surface area contributed by atoms with Gasteiger partial charge < -0.3 is 9.84 Å². The fourth-order valence-corrected chi connectivity index (χ4v) is 1.14. The highest BCUT2D eigenvalue weighted by Crippen LogP contribution is 2.25. The van der Waals surface area contributed by atoms with Gasteiger partial charge in [-0.15, -0.1) is 0 Å². The number of methoxy groups -OCH3 is 1. The molecule has 0 saturated carbocycles. The van der Waals surface area contributed by atoms with Crippen molar-refractivity contribution in [2.45, 2.75) is 6.18 Å². The van der Waals surface area contributed by atoms with E-state index in [0.29, 0.717) is 0 Å². The van der Waals surface area contributed by atoms with E-state index in [0.717, 1.165) is 0 Å². The number of aliphatic hydroxyl groups excluding tert-OH is 1. The maximum Gasteiger partial charge on any atom is 0.454 e. The van der Waals surface area contributed by atoms with Gasteiger partial charge in [-0.1, -0.05) is 12.1 Å². The fourth-order valence-electron chi connectivity index (χ4n) is 1.14. The van der Waals surface area contributed by atoms with E-state index >= 15 is 0 Å². The number of alkyl halides is 3. The summed E-state index contributed by atoms with van der Waals surface area (Å²) >= 11 is 0. The van der Waals surface area contributed by atoms with Crippen LogP contribution in [0.4, 0.5) is 13.2 Å². The molecule has 0 aliphatic heterocycles. The van der Waals surface area contributed by atoms with E-state index in [1.807, 2.05) is 0 Å². The first-order chi connectivity index (χ1) is 7.86. The summed E-state index contributed by atoms with van der Waals surface area (Å²) in [5, 5.41) is 9.43. The van der Waals surface area contributed by atoms with Gasteiger partial charge in [0.05, 0.1) is 12.7 Å². The zero-order valence-electron chi connectivity index (χ0n) is 8.78. The maximum absolute atomic E-state index is 12.0. The first-order valence-corrected chi connectivity index (χ1v) is 4.51. The summed E-state index contributed by atoms with van der Waals surface area (Å²) < 4.78 is 40.8. The summed E-state index contributed by atoms with van der Waals surface area (Å²) in [5.41, 5.74) is 0.0209. The van der Waals surface area contributed by atoms with Crippen LogP contribution in [0.2, 0.25) is 0 Å². The number of ketones is 1. The summed E-state index contributed by atoms with van der Waals surface area (Å²) in [4.78, 5) is 10.6. The monoisotopic (exact) mass is 246 g/mol. The molecule has 3 nitrogen and oxygen atoms in total. The van der Waals surface area contributed by atoms with Crippen LogP contribution in [0.1, 0.15) is 5.56 Å². The lowest BCUT2D eigenvalue weighted by atomic mass is 10.1. The number of carbonyl (C=O) groups excluding carboxylic acids is 1. The van der Waals surface area contributed by atoms with Gasteiger partial charge in [0.25, 0.3) is 5.78 Å². The predicted octanol–water partition coefficient (Wildman–Crippen LogP) is 2.73. The van der Waals surface area contributed by atoms with E-state index in [2.05, 4.69) is 0 Å². The third kappa shape index (κ3) is 3.24. The summed E-state index contributed by atoms with van der Waals surface area (Å²) in [7, 11) is 1.30. The van der Waals surface area contributed by atoms with Crippen LogP contribution in [0, 0.1) is 0 Å². The minimum Gasteiger partial charge on any atom is -0.507 e. The average molecular weight is 246 g/mol. The summed E-state index contributed by atoms with van der Waals surface area (Å²) in [6, 6.07) is 5.88. The zero-order chi connectivity index (χ0) is 13.1. The van der Waals surface area contributed by atoms with Crippen molar-refractivity contribution in [1.82, 2.24) is 0 Å². The Morgan fingerprint density at radius 3 is 2.47 bits per heavy atom. The lowest BCUT2D eigenvalue weighted by molar-refractivity contribution is -0.165. The Hall–Kier alpha value is -1.98. The van der Waals surface area contributed by atoms with Crippen LogP contribution in [0.5, 0.6) is 5.75 Å². The number of benzene rings is 1. The van der Waals surface area contributed by atoms with E-state index < -0.39 is 17.7 Å². The van der Waals surface area contributed by atoms with Gasteiger partial charge in [-0.05, 0) is 12.1 Å². The highest BCUT2D eigenvalue weighted by molar-refractivity contribution is 5.99. The van der Waals surface area contributed by atoms with Crippen molar-refractivity contribution in [3.8, 4) is 5.75 Å². The number of allylic oxidation sites excluding steroid dienone is 1. The molecule has 0 radical (unpaired) electrons. The highest BCUT2D eigenvalue weighted by Gasteiger charge is 2.37. The molecule has 1 rings (SSSR count). The lowest BCUT2D eigenvalue weighted by Crippen LogP contribution is -2.20. The third-order valence-corrected chi connectivity index (χ3v) is 1.93. The SMILES string of the molecule is COc1ccccc1/C(O)=C/C(=O)C(F)(F)F. The van der Waals surface area contributed by atoms with Gasteiger partial charge in [0, 0.05) is 6.08 Å². The number of ether oxygens (including phenoxy) is 1. The normalized spacial score (nSPS) is 12.4. The molecule has 1 N–H and O–H groups in total. The minimum atomic E-state index is -5.00. The smallest absolute Gasteiger partial charge is 0.454 e. The van der Waals surface area contributed by atoms with Crippen molar-refractivity contribution in [3.63, 3.8) is 0 Å². The number of hydrogen-bond donors (Lipinski definition) is 1. The molecule has 0 saturated heterocycles. The highest BCUT2D eigenvalue weighted by atomic mass is 19.4. The van der Waals surface area contributed by atoms with E-state index in [9.17, 15) is 23.1 Å². The Morgan fingerprint density at radius 1 is 1.35 bits per heavy atom. The van der Waals surface area contributed by atoms with E-state index in [1.165, 1.54) is 25.3 Å². The van der Waals surface area contributed by atoms with Crippen molar-refractivity contribution in [3.05, 3.63) is 35.9 Å². The Balaban J connectivity index is 3.08. The first kappa shape index (κ1) is 13.1.